The molecule has 90 valence electrons. The van der Waals surface area contributed by atoms with Crippen molar-refractivity contribution in [3.63, 3.8) is 0 Å². The zero-order valence-electron chi connectivity index (χ0n) is 9.69. The molecule has 0 N–H and O–H groups in total. The zero-order valence-corrected chi connectivity index (χ0v) is 9.69. The maximum atomic E-state index is 11.1. The lowest BCUT2D eigenvalue weighted by Crippen LogP contribution is -2.36. The van der Waals surface area contributed by atoms with Crippen LogP contribution in [0.5, 0.6) is 0 Å². The number of hydrogen-bond acceptors (Lipinski definition) is 5. The lowest BCUT2D eigenvalue weighted by Gasteiger charge is -2.18. The van der Waals surface area contributed by atoms with Crippen molar-refractivity contribution >= 4 is 11.9 Å². The lowest BCUT2D eigenvalue weighted by molar-refractivity contribution is -0.145. The van der Waals surface area contributed by atoms with Crippen molar-refractivity contribution in [2.75, 3.05) is 33.9 Å². The molecule has 0 rings (SSSR count). The standard InChI is InChI=1S/C11H17NO4/c1-4-5-6-7-12(8-10(13)15-2)9-11(14)16-3/h1H,5-9H2,2-3H3. The molecule has 0 aliphatic rings. The Labute approximate surface area is 95.7 Å². The van der Waals surface area contributed by atoms with E-state index in [9.17, 15) is 9.59 Å². The monoisotopic (exact) mass is 227 g/mol. The first kappa shape index (κ1) is 14.5. The zero-order chi connectivity index (χ0) is 12.4. The number of unbranched alkanes of at least 4 members (excludes halogenated alkanes) is 1. The van der Waals surface area contributed by atoms with Crippen molar-refractivity contribution in [3.8, 4) is 12.3 Å². The summed E-state index contributed by atoms with van der Waals surface area (Å²) in [5.41, 5.74) is 0. The fourth-order valence-corrected chi connectivity index (χ4v) is 1.11. The summed E-state index contributed by atoms with van der Waals surface area (Å²) < 4.78 is 9.06. The van der Waals surface area contributed by atoms with Gasteiger partial charge in [0.05, 0.1) is 27.3 Å². The van der Waals surface area contributed by atoms with Crippen LogP contribution in [0.4, 0.5) is 0 Å². The summed E-state index contributed by atoms with van der Waals surface area (Å²) in [4.78, 5) is 23.8. The molecule has 0 atom stereocenters. The second kappa shape index (κ2) is 8.74. The van der Waals surface area contributed by atoms with Crippen LogP contribution in [0.1, 0.15) is 12.8 Å². The lowest BCUT2D eigenvalue weighted by atomic mass is 10.3. The Hall–Kier alpha value is -1.54. The molecular formula is C11H17NO4. The smallest absolute Gasteiger partial charge is 0.319 e. The van der Waals surface area contributed by atoms with E-state index in [-0.39, 0.29) is 25.0 Å². The summed E-state index contributed by atoms with van der Waals surface area (Å²) >= 11 is 0. The van der Waals surface area contributed by atoms with Crippen molar-refractivity contribution in [1.82, 2.24) is 4.90 Å². The quantitative estimate of drug-likeness (QED) is 0.349. The number of ether oxygens (including phenoxy) is 2. The third kappa shape index (κ3) is 6.85. The molecule has 5 nitrogen and oxygen atoms in total. The highest BCUT2D eigenvalue weighted by Gasteiger charge is 2.14. The number of terminal acetylenes is 1. The summed E-state index contributed by atoms with van der Waals surface area (Å²) in [6.45, 7) is 0.695. The molecule has 5 heteroatoms. The van der Waals surface area contributed by atoms with Crippen molar-refractivity contribution in [3.05, 3.63) is 0 Å². The Morgan fingerprint density at radius 3 is 2.06 bits per heavy atom. The summed E-state index contributed by atoms with van der Waals surface area (Å²) in [6, 6.07) is 0. The van der Waals surface area contributed by atoms with Gasteiger partial charge >= 0.3 is 11.9 Å². The predicted octanol–water partition coefficient (Wildman–Crippen LogP) is 0.0478. The summed E-state index contributed by atoms with van der Waals surface area (Å²) in [5.74, 6) is 1.73. The molecule has 0 heterocycles. The number of rotatable bonds is 7. The minimum atomic E-state index is -0.385. The normalized spacial score (nSPS) is 9.62. The number of hydrogen-bond donors (Lipinski definition) is 0. The average molecular weight is 227 g/mol. The second-order valence-electron chi connectivity index (χ2n) is 3.17. The fourth-order valence-electron chi connectivity index (χ4n) is 1.11. The van der Waals surface area contributed by atoms with Crippen LogP contribution in [0.3, 0.4) is 0 Å². The van der Waals surface area contributed by atoms with Crippen LogP contribution in [0.15, 0.2) is 0 Å². The SMILES string of the molecule is C#CCCCN(CC(=O)OC)CC(=O)OC. The number of carbonyl (C=O) groups excluding carboxylic acids is 2. The van der Waals surface area contributed by atoms with E-state index < -0.39 is 0 Å². The van der Waals surface area contributed by atoms with Gasteiger partial charge in [0, 0.05) is 13.0 Å². The molecule has 0 spiro atoms. The van der Waals surface area contributed by atoms with Crippen LogP contribution in [0.2, 0.25) is 0 Å². The Bertz CT molecular complexity index is 252. The fraction of sp³-hybridized carbons (Fsp3) is 0.636. The molecule has 0 saturated carbocycles. The van der Waals surface area contributed by atoms with E-state index in [4.69, 9.17) is 6.42 Å². The number of esters is 2. The van der Waals surface area contributed by atoms with Crippen LogP contribution in [-0.2, 0) is 19.1 Å². The second-order valence-corrected chi connectivity index (χ2v) is 3.17. The average Bonchev–Trinajstić information content (AvgIpc) is 2.28. The van der Waals surface area contributed by atoms with E-state index in [1.165, 1.54) is 14.2 Å². The van der Waals surface area contributed by atoms with E-state index in [1.807, 2.05) is 0 Å². The minimum absolute atomic E-state index is 0.0656. The van der Waals surface area contributed by atoms with Gasteiger partial charge in [0.25, 0.3) is 0 Å². The Balaban J connectivity index is 4.10. The molecule has 0 amide bonds. The Morgan fingerprint density at radius 2 is 1.69 bits per heavy atom. The first-order valence-corrected chi connectivity index (χ1v) is 4.93. The van der Waals surface area contributed by atoms with E-state index >= 15 is 0 Å². The van der Waals surface area contributed by atoms with Gasteiger partial charge in [-0.05, 0) is 6.42 Å². The van der Waals surface area contributed by atoms with Crippen molar-refractivity contribution in [2.24, 2.45) is 0 Å². The van der Waals surface area contributed by atoms with E-state index in [0.717, 1.165) is 6.42 Å². The van der Waals surface area contributed by atoms with Gasteiger partial charge < -0.3 is 9.47 Å². The van der Waals surface area contributed by atoms with Gasteiger partial charge in [-0.1, -0.05) is 0 Å². The van der Waals surface area contributed by atoms with Crippen molar-refractivity contribution < 1.29 is 19.1 Å². The third-order valence-electron chi connectivity index (χ3n) is 1.96. The molecular weight excluding hydrogens is 210 g/mol. The highest BCUT2D eigenvalue weighted by molar-refractivity contribution is 5.74. The molecule has 0 aliphatic heterocycles. The van der Waals surface area contributed by atoms with E-state index in [2.05, 4.69) is 15.4 Å². The first-order chi connectivity index (χ1) is 7.63. The van der Waals surface area contributed by atoms with Gasteiger partial charge in [0.15, 0.2) is 0 Å². The van der Waals surface area contributed by atoms with Gasteiger partial charge in [-0.25, -0.2) is 0 Å². The topological polar surface area (TPSA) is 55.8 Å². The van der Waals surface area contributed by atoms with Crippen molar-refractivity contribution in [1.29, 1.82) is 0 Å². The molecule has 0 bridgehead atoms. The van der Waals surface area contributed by atoms with Crippen LogP contribution < -0.4 is 0 Å². The molecule has 0 aromatic carbocycles. The van der Waals surface area contributed by atoms with Gasteiger partial charge in [0.2, 0.25) is 0 Å². The van der Waals surface area contributed by atoms with Crippen LogP contribution in [-0.4, -0.2) is 50.7 Å². The number of nitrogens with zero attached hydrogens (tertiary/aromatic N) is 1. The number of carbonyl (C=O) groups is 2. The minimum Gasteiger partial charge on any atom is -0.468 e. The summed E-state index contributed by atoms with van der Waals surface area (Å²) in [5, 5.41) is 0. The van der Waals surface area contributed by atoms with Crippen molar-refractivity contribution in [2.45, 2.75) is 12.8 Å². The summed E-state index contributed by atoms with van der Waals surface area (Å²) in [6.07, 6.45) is 6.45. The third-order valence-corrected chi connectivity index (χ3v) is 1.96. The Kier molecular flexibility index (Phi) is 7.90. The molecule has 0 aliphatic carbocycles. The van der Waals surface area contributed by atoms with E-state index in [0.29, 0.717) is 13.0 Å². The molecule has 0 radical (unpaired) electrons. The first-order valence-electron chi connectivity index (χ1n) is 4.93. The van der Waals surface area contributed by atoms with Gasteiger partial charge in [-0.3, -0.25) is 14.5 Å². The molecule has 0 fully saturated rings. The molecule has 0 saturated heterocycles. The van der Waals surface area contributed by atoms with Crippen LogP contribution >= 0.6 is 0 Å². The predicted molar refractivity (Wildman–Crippen MR) is 58.5 cm³/mol. The van der Waals surface area contributed by atoms with Gasteiger partial charge in [-0.15, -0.1) is 12.3 Å². The van der Waals surface area contributed by atoms with Gasteiger partial charge in [-0.2, -0.15) is 0 Å². The maximum Gasteiger partial charge on any atom is 0.319 e. The van der Waals surface area contributed by atoms with E-state index in [1.54, 1.807) is 4.90 Å². The molecule has 0 aromatic rings. The molecule has 0 aromatic heterocycles. The number of methoxy groups -OCH3 is 2. The van der Waals surface area contributed by atoms with Crippen LogP contribution in [0, 0.1) is 12.3 Å². The summed E-state index contributed by atoms with van der Waals surface area (Å²) in [7, 11) is 2.61. The largest absolute Gasteiger partial charge is 0.468 e. The molecule has 16 heavy (non-hydrogen) atoms. The van der Waals surface area contributed by atoms with Gasteiger partial charge in [0.1, 0.15) is 0 Å². The highest BCUT2D eigenvalue weighted by atomic mass is 16.5. The van der Waals surface area contributed by atoms with Crippen LogP contribution in [0.25, 0.3) is 0 Å². The Morgan fingerprint density at radius 1 is 1.19 bits per heavy atom. The molecule has 0 unspecified atom stereocenters. The maximum absolute atomic E-state index is 11.1. The highest BCUT2D eigenvalue weighted by Crippen LogP contribution is 1.96.